The number of rotatable bonds is 5. The van der Waals surface area contributed by atoms with E-state index in [9.17, 15) is 23.5 Å². The minimum Gasteiger partial charge on any atom is -0.755 e. The molecule has 2 N–H and O–H groups in total. The predicted molar refractivity (Wildman–Crippen MR) is 93.0 cm³/mol. The summed E-state index contributed by atoms with van der Waals surface area (Å²) in [5.74, 6) is -1.33. The largest absolute Gasteiger partial charge is 0.755 e. The Balaban J connectivity index is 2.52. The molecule has 1 aromatic carbocycles. The third-order valence-electron chi connectivity index (χ3n) is 3.77. The van der Waals surface area contributed by atoms with Crippen LogP contribution in [0.15, 0.2) is 35.1 Å². The van der Waals surface area contributed by atoms with Crippen molar-refractivity contribution in [3.05, 3.63) is 57.5 Å². The van der Waals surface area contributed by atoms with Gasteiger partial charge in [0.1, 0.15) is 0 Å². The van der Waals surface area contributed by atoms with Crippen LogP contribution in [0, 0.1) is 6.92 Å². The van der Waals surface area contributed by atoms with Gasteiger partial charge < -0.3 is 19.5 Å². The van der Waals surface area contributed by atoms with Crippen LogP contribution in [0.3, 0.4) is 0 Å². The van der Waals surface area contributed by atoms with E-state index in [1.54, 1.807) is 24.3 Å². The number of hydrogen-bond donors (Lipinski definition) is 2. The molecule has 1 heterocycles. The van der Waals surface area contributed by atoms with Gasteiger partial charge in [0.25, 0.3) is 5.91 Å². The van der Waals surface area contributed by atoms with Crippen molar-refractivity contribution >= 4 is 22.9 Å². The van der Waals surface area contributed by atoms with E-state index in [1.807, 2.05) is 6.92 Å². The molecule has 1 amide bonds. The first-order chi connectivity index (χ1) is 11.8. The van der Waals surface area contributed by atoms with E-state index in [4.69, 9.17) is 0 Å². The van der Waals surface area contributed by atoms with Crippen molar-refractivity contribution < 1.29 is 18.7 Å². The Morgan fingerprint density at radius 2 is 1.96 bits per heavy atom. The minimum absolute atomic E-state index is 0.171. The average Bonchev–Trinajstić information content (AvgIpc) is 2.57. The first-order valence-electron chi connectivity index (χ1n) is 7.33. The number of anilines is 1. The third-order valence-corrected chi connectivity index (χ3v) is 4.47. The van der Waals surface area contributed by atoms with Crippen LogP contribution in [0.2, 0.25) is 0 Å². The zero-order valence-corrected chi connectivity index (χ0v) is 14.8. The van der Waals surface area contributed by atoms with Gasteiger partial charge in [-0.1, -0.05) is 17.7 Å². The van der Waals surface area contributed by atoms with Gasteiger partial charge in [0.05, 0.1) is 6.54 Å². The number of benzene rings is 1. The highest BCUT2D eigenvalue weighted by Gasteiger charge is 2.20. The molecule has 2 rings (SSSR count). The van der Waals surface area contributed by atoms with Crippen molar-refractivity contribution in [1.29, 1.82) is 0 Å². The highest BCUT2D eigenvalue weighted by atomic mass is 32.2. The van der Waals surface area contributed by atoms with E-state index in [-0.39, 0.29) is 17.9 Å². The number of aryl methyl sites for hydroxylation is 1. The molecule has 8 nitrogen and oxygen atoms in total. The molecule has 0 saturated carbocycles. The van der Waals surface area contributed by atoms with E-state index < -0.39 is 28.4 Å². The lowest BCUT2D eigenvalue weighted by Crippen LogP contribution is -2.31. The molecule has 0 aliphatic carbocycles. The molecule has 1 unspecified atom stereocenters. The quantitative estimate of drug-likeness (QED) is 0.752. The number of nitrogens with zero attached hydrogens (tertiary/aromatic N) is 2. The van der Waals surface area contributed by atoms with Crippen LogP contribution in [0.25, 0.3) is 0 Å². The molecule has 9 heteroatoms. The summed E-state index contributed by atoms with van der Waals surface area (Å²) in [5, 5.41) is 12.2. The molecule has 0 aliphatic rings. The number of pyridine rings is 1. The van der Waals surface area contributed by atoms with Crippen LogP contribution in [0.1, 0.15) is 21.7 Å². The Kier molecular flexibility index (Phi) is 5.60. The molecule has 0 bridgehead atoms. The van der Waals surface area contributed by atoms with E-state index in [0.29, 0.717) is 5.69 Å². The first kappa shape index (κ1) is 18.7. The molecule has 0 saturated heterocycles. The van der Waals surface area contributed by atoms with Crippen LogP contribution in [-0.2, 0) is 24.9 Å². The lowest BCUT2D eigenvalue weighted by atomic mass is 10.2. The summed E-state index contributed by atoms with van der Waals surface area (Å²) < 4.78 is 25.6. The van der Waals surface area contributed by atoms with Gasteiger partial charge in [0, 0.05) is 42.8 Å². The number of carbonyl (C=O) groups is 1. The maximum Gasteiger partial charge on any atom is 0.271 e. The van der Waals surface area contributed by atoms with Crippen LogP contribution in [0.5, 0.6) is 5.75 Å². The van der Waals surface area contributed by atoms with Crippen molar-refractivity contribution in [3.63, 3.8) is 0 Å². The Morgan fingerprint density at radius 1 is 1.36 bits per heavy atom. The molecule has 1 aromatic heterocycles. The second-order valence-corrected chi connectivity index (χ2v) is 6.30. The molecule has 0 aliphatic heterocycles. The molecule has 134 valence electrons. The predicted octanol–water partition coefficient (Wildman–Crippen LogP) is 0.560. The third kappa shape index (κ3) is 3.89. The highest BCUT2D eigenvalue weighted by molar-refractivity contribution is 7.80. The molecule has 0 spiro atoms. The molecule has 0 fully saturated rings. The summed E-state index contributed by atoms with van der Waals surface area (Å²) >= 11 is -2.60. The standard InChI is InChI=1S/C16H19N3O5S/c1-10-4-6-11(7-5-10)19(25(23)24)9-12-8-13(20)15(21)14(18(12)3)16(22)17-2/h4-8,21H,9H2,1-3H3,(H,17,22)(H,23,24)/p-1. The SMILES string of the molecule is CNC(=O)c1c(O)c(=O)cc(CN(c2ccc(C)cc2)S(=O)[O-])n1C. The van der Waals surface area contributed by atoms with Crippen LogP contribution in [-0.4, -0.2) is 31.4 Å². The number of nitrogens with one attached hydrogen (secondary N) is 1. The fraction of sp³-hybridized carbons (Fsp3) is 0.250. The topological polar surface area (TPSA) is 115 Å². The zero-order chi connectivity index (χ0) is 18.7. The summed E-state index contributed by atoms with van der Waals surface area (Å²) in [6, 6.07) is 7.92. The van der Waals surface area contributed by atoms with E-state index >= 15 is 0 Å². The number of amides is 1. The molecule has 1 atom stereocenters. The summed E-state index contributed by atoms with van der Waals surface area (Å²) in [6.45, 7) is 1.71. The Hall–Kier alpha value is -2.65. The van der Waals surface area contributed by atoms with Crippen LogP contribution < -0.4 is 15.1 Å². The van der Waals surface area contributed by atoms with Gasteiger partial charge in [0.15, 0.2) is 11.4 Å². The Morgan fingerprint density at radius 3 is 2.48 bits per heavy atom. The van der Waals surface area contributed by atoms with Crippen LogP contribution >= 0.6 is 0 Å². The van der Waals surface area contributed by atoms with Gasteiger partial charge in [-0.15, -0.1) is 0 Å². The Labute approximate surface area is 147 Å². The minimum atomic E-state index is -2.60. The molecule has 0 radical (unpaired) electrons. The van der Waals surface area contributed by atoms with Crippen LogP contribution in [0.4, 0.5) is 5.69 Å². The van der Waals surface area contributed by atoms with E-state index in [1.165, 1.54) is 18.7 Å². The molecular formula is C16H18N3O5S-. The smallest absolute Gasteiger partial charge is 0.271 e. The fourth-order valence-corrected chi connectivity index (χ4v) is 2.89. The number of carbonyl (C=O) groups excluding carboxylic acids is 1. The van der Waals surface area contributed by atoms with Gasteiger partial charge in [-0.2, -0.15) is 0 Å². The van der Waals surface area contributed by atoms with Gasteiger partial charge >= 0.3 is 0 Å². The summed E-state index contributed by atoms with van der Waals surface area (Å²) in [6.07, 6.45) is 0. The fourth-order valence-electron chi connectivity index (χ4n) is 2.35. The van der Waals surface area contributed by atoms with Crippen molar-refractivity contribution in [2.75, 3.05) is 11.4 Å². The Bertz CT molecular complexity index is 877. The monoisotopic (exact) mass is 364 g/mol. The number of hydrogen-bond acceptors (Lipinski definition) is 5. The van der Waals surface area contributed by atoms with Gasteiger partial charge in [0.2, 0.25) is 5.43 Å². The van der Waals surface area contributed by atoms with Crippen molar-refractivity contribution in [2.24, 2.45) is 7.05 Å². The van der Waals surface area contributed by atoms with E-state index in [2.05, 4.69) is 5.32 Å². The van der Waals surface area contributed by atoms with Gasteiger partial charge in [-0.25, -0.2) is 0 Å². The van der Waals surface area contributed by atoms with Crippen molar-refractivity contribution in [1.82, 2.24) is 9.88 Å². The lowest BCUT2D eigenvalue weighted by Gasteiger charge is -2.28. The molecule has 2 aromatic rings. The molecule has 25 heavy (non-hydrogen) atoms. The lowest BCUT2D eigenvalue weighted by molar-refractivity contribution is 0.0950. The number of aromatic nitrogens is 1. The first-order valence-corrected chi connectivity index (χ1v) is 8.37. The summed E-state index contributed by atoms with van der Waals surface area (Å²) in [7, 11) is 2.84. The second kappa shape index (κ2) is 7.49. The van der Waals surface area contributed by atoms with E-state index in [0.717, 1.165) is 15.9 Å². The second-order valence-electron chi connectivity index (χ2n) is 5.42. The molecular weight excluding hydrogens is 346 g/mol. The van der Waals surface area contributed by atoms with Gasteiger partial charge in [-0.05, 0) is 19.1 Å². The number of aromatic hydroxyl groups is 1. The van der Waals surface area contributed by atoms with Crippen molar-refractivity contribution in [2.45, 2.75) is 13.5 Å². The van der Waals surface area contributed by atoms with Gasteiger partial charge in [-0.3, -0.25) is 18.1 Å². The average molecular weight is 364 g/mol. The summed E-state index contributed by atoms with van der Waals surface area (Å²) in [4.78, 5) is 23.9. The maximum absolute atomic E-state index is 11.9. The summed E-state index contributed by atoms with van der Waals surface area (Å²) in [5.41, 5.74) is 0.657. The highest BCUT2D eigenvalue weighted by Crippen LogP contribution is 2.21. The maximum atomic E-state index is 11.9. The zero-order valence-electron chi connectivity index (χ0n) is 14.0. The van der Waals surface area contributed by atoms with Crippen molar-refractivity contribution in [3.8, 4) is 5.75 Å². The normalized spacial score (nSPS) is 11.8.